The van der Waals surface area contributed by atoms with Crippen molar-refractivity contribution in [3.8, 4) is 24.7 Å². The van der Waals surface area contributed by atoms with E-state index in [9.17, 15) is 4.79 Å². The van der Waals surface area contributed by atoms with E-state index in [0.29, 0.717) is 19.5 Å². The molecule has 280 valence electrons. The van der Waals surface area contributed by atoms with E-state index >= 15 is 0 Å². The van der Waals surface area contributed by atoms with Gasteiger partial charge in [-0.05, 0) is 63.6 Å². The van der Waals surface area contributed by atoms with Crippen LogP contribution in [0.3, 0.4) is 0 Å². The van der Waals surface area contributed by atoms with E-state index in [4.69, 9.17) is 42.5 Å². The van der Waals surface area contributed by atoms with Crippen molar-refractivity contribution in [3.05, 3.63) is 60.7 Å². The second-order valence-electron chi connectivity index (χ2n) is 8.00. The molecule has 2 aromatic carbocycles. The second-order valence-corrected chi connectivity index (χ2v) is 13.4. The zero-order chi connectivity index (χ0) is 39.0. The summed E-state index contributed by atoms with van der Waals surface area (Å²) in [6.07, 6.45) is 9.37. The Morgan fingerprint density at radius 1 is 0.735 bits per heavy atom. The Bertz CT molecular complexity index is 880. The zero-order valence-electron chi connectivity index (χ0n) is 30.8. The second kappa shape index (κ2) is 58.6. The molecule has 0 unspecified atom stereocenters. The summed E-state index contributed by atoms with van der Waals surface area (Å²) in [4.78, 5) is 13.9. The van der Waals surface area contributed by atoms with E-state index in [-0.39, 0.29) is 18.6 Å². The Hall–Kier alpha value is -1.63. The van der Waals surface area contributed by atoms with Crippen molar-refractivity contribution in [1.82, 2.24) is 0 Å². The predicted molar refractivity (Wildman–Crippen MR) is 207 cm³/mol. The fraction of sp³-hybridized carbons (Fsp3) is 0.514. The molecule has 0 aromatic heterocycles. The Morgan fingerprint density at radius 3 is 1.18 bits per heavy atom. The number of benzene rings is 2. The van der Waals surface area contributed by atoms with Crippen LogP contribution in [-0.4, -0.2) is 97.8 Å². The molecule has 0 saturated carbocycles. The number of para-hydroxylation sites is 2. The molecule has 0 aliphatic heterocycles. The molecule has 49 heavy (non-hydrogen) atoms. The monoisotopic (exact) mass is 822 g/mol. The number of aliphatic hydroxyl groups is 1. The van der Waals surface area contributed by atoms with E-state index < -0.39 is 15.1 Å². The fourth-order valence-electron chi connectivity index (χ4n) is 2.76. The third-order valence-corrected chi connectivity index (χ3v) is 4.81. The fourth-order valence-corrected chi connectivity index (χ4v) is 2.76. The first-order chi connectivity index (χ1) is 23.6. The number of aliphatic hydroxyl groups excluding tert-OH is 1. The van der Waals surface area contributed by atoms with Gasteiger partial charge >= 0.3 is 34.5 Å². The van der Waals surface area contributed by atoms with Crippen LogP contribution < -0.4 is 9.80 Å². The average Bonchev–Trinajstić information content (AvgIpc) is 3.12. The van der Waals surface area contributed by atoms with Crippen LogP contribution in [0.15, 0.2) is 60.7 Å². The van der Waals surface area contributed by atoms with E-state index in [0.717, 1.165) is 26.2 Å². The molecule has 0 fully saturated rings. The predicted octanol–water partition coefficient (Wildman–Crippen LogP) is 8.13. The molecule has 14 heteroatoms. The van der Waals surface area contributed by atoms with Crippen molar-refractivity contribution in [2.75, 3.05) is 97.3 Å². The Morgan fingerprint density at radius 2 is 1.02 bits per heavy atom. The summed E-state index contributed by atoms with van der Waals surface area (Å²) in [5.74, 6) is 4.29. The van der Waals surface area contributed by atoms with Gasteiger partial charge < -0.3 is 38.6 Å². The van der Waals surface area contributed by atoms with Crippen LogP contribution in [0.4, 0.5) is 11.4 Å². The van der Waals surface area contributed by atoms with Crippen molar-refractivity contribution in [2.45, 2.75) is 34.6 Å². The van der Waals surface area contributed by atoms with Crippen molar-refractivity contribution in [1.29, 1.82) is 0 Å². The molecular formula is C35H58Cl4N2O7Zn. The van der Waals surface area contributed by atoms with Crippen LogP contribution in [0, 0.1) is 24.7 Å². The summed E-state index contributed by atoms with van der Waals surface area (Å²) in [5.41, 5.74) is 2.63. The van der Waals surface area contributed by atoms with Crippen LogP contribution >= 0.6 is 42.6 Å². The van der Waals surface area contributed by atoms with Gasteiger partial charge in [0.15, 0.2) is 0 Å². The minimum atomic E-state index is -0.931. The number of methoxy groups -OCH3 is 4. The van der Waals surface area contributed by atoms with Crippen LogP contribution in [0.1, 0.15) is 34.6 Å². The number of terminal acetylenes is 2. The van der Waals surface area contributed by atoms with Gasteiger partial charge in [0, 0.05) is 72.9 Å². The number of halogens is 4. The molecular weight excluding hydrogens is 768 g/mol. The number of hydrogen-bond acceptors (Lipinski definition) is 9. The van der Waals surface area contributed by atoms with Gasteiger partial charge in [-0.3, -0.25) is 4.79 Å². The van der Waals surface area contributed by atoms with Gasteiger partial charge in [0.25, 0.3) is 0 Å². The van der Waals surface area contributed by atoms with E-state index in [1.54, 1.807) is 28.4 Å². The number of carbonyl (C=O) groups is 1. The summed E-state index contributed by atoms with van der Waals surface area (Å²) in [6, 6.07) is 21.3. The third-order valence-electron chi connectivity index (χ3n) is 4.59. The molecule has 0 aliphatic carbocycles. The molecule has 0 heterocycles. The van der Waals surface area contributed by atoms with Gasteiger partial charge in [-0.15, -0.1) is 12.8 Å². The Balaban J connectivity index is -0.000000114. The number of anilines is 2. The van der Waals surface area contributed by atoms with Gasteiger partial charge in [0.05, 0.1) is 0 Å². The topological polar surface area (TPSA) is 89.9 Å². The van der Waals surface area contributed by atoms with Gasteiger partial charge in [-0.1, -0.05) is 59.8 Å². The van der Waals surface area contributed by atoms with Gasteiger partial charge in [-0.25, -0.2) is 0 Å². The average molecular weight is 826 g/mol. The van der Waals surface area contributed by atoms with Crippen LogP contribution in [0.5, 0.6) is 0 Å². The standard InChI is InChI=1S/2C10H15N.C5H8O2.C3H8O2.C3H4O.C2H5ClO.C2H3ClO.2ClH.Zn/c2*1-3-11(4-2)10-8-6-5-7-9-10;1-3-4-7-5-6-2;1-4-3-5-2;1-2-3-4;1-4-2-3;1-2(3)4;;;/h2*5-9H,3-4H2,1-2H3;1H,4-5H2,2H3;3H2,1-2H3;1,4H,3H2;2H2,1H3;1H3;2*1H;/q;;;;;;;;;+2/p-2. The molecule has 2 rings (SSSR count). The first-order valence-corrected chi connectivity index (χ1v) is 23.7. The van der Waals surface area contributed by atoms with Crippen LogP contribution in [0.25, 0.3) is 0 Å². The Labute approximate surface area is 323 Å². The molecule has 2 aromatic rings. The van der Waals surface area contributed by atoms with E-state index in [2.05, 4.69) is 134 Å². The van der Waals surface area contributed by atoms with Crippen molar-refractivity contribution < 1.29 is 48.7 Å². The summed E-state index contributed by atoms with van der Waals surface area (Å²) >= 11 is 8.67. The number of ether oxygens (including phenoxy) is 5. The zero-order valence-corrected chi connectivity index (χ0v) is 36.8. The van der Waals surface area contributed by atoms with Crippen molar-refractivity contribution in [3.63, 3.8) is 0 Å². The molecule has 1 N–H and O–H groups in total. The number of rotatable bonds is 12. The molecule has 0 bridgehead atoms. The first kappa shape index (κ1) is 59.5. The number of nitrogens with zero attached hydrogens (tertiary/aromatic N) is 2. The SMILES string of the molecule is C#CCO.C#CCOCOC.CC(=O)Cl.CCN(CC)c1ccccc1.CCN(CC)c1ccccc1.COCCl.COCOC.[Cl][Zn][Cl]. The quantitative estimate of drug-likeness (QED) is 0.0570. The van der Waals surface area contributed by atoms with Gasteiger partial charge in [0.1, 0.15) is 32.9 Å². The molecule has 9 nitrogen and oxygen atoms in total. The molecule has 0 aliphatic rings. The summed E-state index contributed by atoms with van der Waals surface area (Å²) in [5, 5.41) is 7.28. The molecule has 0 radical (unpaired) electrons. The molecule has 0 atom stereocenters. The van der Waals surface area contributed by atoms with Crippen LogP contribution in [-0.2, 0) is 43.6 Å². The van der Waals surface area contributed by atoms with Crippen molar-refractivity contribution in [2.24, 2.45) is 0 Å². The minimum absolute atomic E-state index is 0.153. The Kier molecular flexibility index (Phi) is 71.1. The van der Waals surface area contributed by atoms with Gasteiger partial charge in [-0.2, -0.15) is 0 Å². The number of hydrogen-bond donors (Lipinski definition) is 1. The van der Waals surface area contributed by atoms with E-state index in [1.807, 2.05) is 18.1 Å². The molecule has 0 spiro atoms. The van der Waals surface area contributed by atoms with Crippen molar-refractivity contribution >= 4 is 59.2 Å². The summed E-state index contributed by atoms with van der Waals surface area (Å²) in [6.45, 7) is 15.2. The molecule has 0 amide bonds. The third kappa shape index (κ3) is 62.0. The summed E-state index contributed by atoms with van der Waals surface area (Å²) < 4.78 is 22.4. The van der Waals surface area contributed by atoms with Crippen LogP contribution in [0.2, 0.25) is 0 Å². The number of carbonyl (C=O) groups excluding carboxylic acids is 1. The number of alkyl halides is 1. The molecule has 0 saturated heterocycles. The maximum atomic E-state index is 9.21. The first-order valence-electron chi connectivity index (χ1n) is 15.0. The van der Waals surface area contributed by atoms with Gasteiger partial charge in [0.2, 0.25) is 5.24 Å². The maximum absolute atomic E-state index is 9.21. The van der Waals surface area contributed by atoms with E-state index in [1.165, 1.54) is 18.3 Å². The summed E-state index contributed by atoms with van der Waals surface area (Å²) in [7, 11) is 16.2. The normalized spacial score (nSPS) is 8.08.